The molecule has 2 N–H and O–H groups in total. The van der Waals surface area contributed by atoms with Crippen molar-refractivity contribution >= 4 is 41.0 Å². The van der Waals surface area contributed by atoms with Crippen LogP contribution in [0.5, 0.6) is 11.5 Å². The summed E-state index contributed by atoms with van der Waals surface area (Å²) >= 11 is 0. The topological polar surface area (TPSA) is 157 Å². The molecule has 2 aromatic heterocycles. The largest absolute Gasteiger partial charge is 0.497 e. The van der Waals surface area contributed by atoms with Crippen LogP contribution in [0.1, 0.15) is 47.4 Å². The smallest absolute Gasteiger partial charge is 0.280 e. The Morgan fingerprint density at radius 2 is 1.52 bits per heavy atom. The van der Waals surface area contributed by atoms with E-state index in [4.69, 9.17) is 28.9 Å². The van der Waals surface area contributed by atoms with E-state index in [0.717, 1.165) is 27.8 Å². The molecule has 1 aliphatic rings. The first-order valence-corrected chi connectivity index (χ1v) is 18.9. The number of hydrogen-bond donors (Lipinski definition) is 2. The SMILES string of the molecule is COc1ccc(C(OC[C@H]2O[C@@H](n3c(N(C(C)=O)c4cc(C)cc(C)c4)nc4c(=O)[nH]c(/N=C/N(C)C)nc43)C[C@@H]2O)(c2ccccc2)c2ccc(OC)cc2)cc1. The van der Waals surface area contributed by atoms with Gasteiger partial charge in [0.1, 0.15) is 29.4 Å². The maximum Gasteiger partial charge on any atom is 0.280 e. The minimum atomic E-state index is -1.17. The highest BCUT2D eigenvalue weighted by Gasteiger charge is 2.43. The number of anilines is 2. The molecule has 3 atom stereocenters. The van der Waals surface area contributed by atoms with Crippen molar-refractivity contribution in [3.8, 4) is 11.5 Å². The van der Waals surface area contributed by atoms with Crippen molar-refractivity contribution in [3.05, 3.63) is 135 Å². The maximum atomic E-state index is 13.6. The number of nitrogens with zero attached hydrogens (tertiary/aromatic N) is 6. The summed E-state index contributed by atoms with van der Waals surface area (Å²) in [5, 5.41) is 11.8. The predicted octanol–water partition coefficient (Wildman–Crippen LogP) is 6.32. The van der Waals surface area contributed by atoms with Crippen LogP contribution in [0.2, 0.25) is 0 Å². The highest BCUT2D eigenvalue weighted by atomic mass is 16.6. The lowest BCUT2D eigenvalue weighted by Crippen LogP contribution is -2.38. The Labute approximate surface area is 336 Å². The molecular formula is C44H47N7O7. The maximum absolute atomic E-state index is 13.6. The molecule has 1 saturated heterocycles. The van der Waals surface area contributed by atoms with Crippen LogP contribution in [-0.4, -0.2) is 88.9 Å². The van der Waals surface area contributed by atoms with Gasteiger partial charge in [-0.05, 0) is 78.1 Å². The number of aromatic amines is 1. The molecule has 0 saturated carbocycles. The number of aromatic nitrogens is 4. The number of aliphatic hydroxyl groups is 1. The monoisotopic (exact) mass is 785 g/mol. The van der Waals surface area contributed by atoms with Gasteiger partial charge in [-0.2, -0.15) is 4.98 Å². The van der Waals surface area contributed by atoms with Crippen molar-refractivity contribution < 1.29 is 28.8 Å². The van der Waals surface area contributed by atoms with E-state index >= 15 is 0 Å². The van der Waals surface area contributed by atoms with Gasteiger partial charge in [-0.3, -0.25) is 24.0 Å². The van der Waals surface area contributed by atoms with Crippen molar-refractivity contribution in [1.82, 2.24) is 24.4 Å². The number of benzene rings is 4. The second-order valence-electron chi connectivity index (χ2n) is 14.5. The average molecular weight is 786 g/mol. The second-order valence-corrected chi connectivity index (χ2v) is 14.5. The molecule has 0 bridgehead atoms. The third-order valence-electron chi connectivity index (χ3n) is 10.0. The number of rotatable bonds is 13. The number of imidazole rings is 1. The van der Waals surface area contributed by atoms with E-state index in [0.29, 0.717) is 17.2 Å². The van der Waals surface area contributed by atoms with E-state index in [1.165, 1.54) is 18.2 Å². The van der Waals surface area contributed by atoms with Crippen LogP contribution in [0.3, 0.4) is 0 Å². The number of carbonyl (C=O) groups is 1. The minimum absolute atomic E-state index is 0.0191. The first kappa shape index (κ1) is 39.9. The van der Waals surface area contributed by atoms with E-state index in [1.807, 2.05) is 111 Å². The normalized spacial score (nSPS) is 16.9. The van der Waals surface area contributed by atoms with E-state index in [-0.39, 0.29) is 42.0 Å². The Bertz CT molecular complexity index is 2410. The molecule has 0 spiro atoms. The van der Waals surface area contributed by atoms with Crippen molar-refractivity contribution in [3.63, 3.8) is 0 Å². The Morgan fingerprint density at radius 1 is 0.931 bits per heavy atom. The molecule has 1 fully saturated rings. The van der Waals surface area contributed by atoms with Crippen LogP contribution >= 0.6 is 0 Å². The van der Waals surface area contributed by atoms with Gasteiger partial charge >= 0.3 is 0 Å². The Morgan fingerprint density at radius 3 is 2.07 bits per heavy atom. The molecule has 3 heterocycles. The first-order valence-electron chi connectivity index (χ1n) is 18.9. The highest BCUT2D eigenvalue weighted by molar-refractivity contribution is 5.99. The van der Waals surface area contributed by atoms with Gasteiger partial charge in [-0.15, -0.1) is 0 Å². The highest BCUT2D eigenvalue weighted by Crippen LogP contribution is 2.44. The van der Waals surface area contributed by atoms with Gasteiger partial charge in [0, 0.05) is 27.4 Å². The fourth-order valence-electron chi connectivity index (χ4n) is 7.44. The summed E-state index contributed by atoms with van der Waals surface area (Å²) in [6.07, 6.45) is -1.24. The molecule has 4 aromatic carbocycles. The summed E-state index contributed by atoms with van der Waals surface area (Å²) in [4.78, 5) is 46.7. The van der Waals surface area contributed by atoms with Gasteiger partial charge in [-0.25, -0.2) is 9.98 Å². The standard InChI is InChI=1S/C44H47N7O7/c1-27-21-28(2)23-33(22-27)50(29(3)52)43-46-39-40(47-42(48-41(39)54)45-26-49(4)5)51(43)38-24-36(53)37(58-38)25-57-44(30-11-9-8-10-12-30,31-13-17-34(55-6)18-14-31)32-15-19-35(56-7)20-16-32/h8-23,26,36-38,53H,24-25H2,1-7H3,(H,47,48,54)/b45-26+/t36-,37+,38+/m0/s1. The summed E-state index contributed by atoms with van der Waals surface area (Å²) in [6.45, 7) is 5.24. The predicted molar refractivity (Wildman–Crippen MR) is 222 cm³/mol. The van der Waals surface area contributed by atoms with E-state index < -0.39 is 29.6 Å². The van der Waals surface area contributed by atoms with Gasteiger partial charge in [0.25, 0.3) is 5.56 Å². The molecule has 300 valence electrons. The van der Waals surface area contributed by atoms with Gasteiger partial charge in [0.05, 0.1) is 39.0 Å². The third kappa shape index (κ3) is 7.81. The zero-order valence-corrected chi connectivity index (χ0v) is 33.5. The molecule has 7 rings (SSSR count). The van der Waals surface area contributed by atoms with Crippen molar-refractivity contribution in [2.24, 2.45) is 4.99 Å². The number of aliphatic hydroxyl groups excluding tert-OH is 1. The van der Waals surface area contributed by atoms with E-state index in [2.05, 4.69) is 9.98 Å². The lowest BCUT2D eigenvalue weighted by molar-refractivity contribution is -0.116. The number of amides is 1. The van der Waals surface area contributed by atoms with E-state index in [1.54, 1.807) is 37.8 Å². The van der Waals surface area contributed by atoms with Crippen LogP contribution in [0.25, 0.3) is 11.2 Å². The molecule has 14 nitrogen and oxygen atoms in total. The van der Waals surface area contributed by atoms with Gasteiger partial charge in [0.2, 0.25) is 17.8 Å². The zero-order chi connectivity index (χ0) is 41.1. The summed E-state index contributed by atoms with van der Waals surface area (Å²) in [7, 11) is 6.82. The average Bonchev–Trinajstić information content (AvgIpc) is 3.77. The van der Waals surface area contributed by atoms with Crippen molar-refractivity contribution in [2.45, 2.75) is 51.2 Å². The van der Waals surface area contributed by atoms with Crippen LogP contribution < -0.4 is 19.9 Å². The van der Waals surface area contributed by atoms with Crippen molar-refractivity contribution in [1.29, 1.82) is 0 Å². The molecule has 14 heteroatoms. The minimum Gasteiger partial charge on any atom is -0.497 e. The number of ether oxygens (including phenoxy) is 4. The van der Waals surface area contributed by atoms with Gasteiger partial charge in [-0.1, -0.05) is 60.7 Å². The fourth-order valence-corrected chi connectivity index (χ4v) is 7.44. The quantitative estimate of drug-likeness (QED) is 0.0772. The van der Waals surface area contributed by atoms with Gasteiger partial charge < -0.3 is 29.0 Å². The van der Waals surface area contributed by atoms with Crippen molar-refractivity contribution in [2.75, 3.05) is 39.8 Å². The number of nitrogens with one attached hydrogen (secondary N) is 1. The van der Waals surface area contributed by atoms with Crippen LogP contribution in [0.15, 0.2) is 107 Å². The number of hydrogen-bond acceptors (Lipinski definition) is 10. The Kier molecular flexibility index (Phi) is 11.4. The summed E-state index contributed by atoms with van der Waals surface area (Å²) < 4.78 is 26.4. The third-order valence-corrected chi connectivity index (χ3v) is 10.0. The first-order chi connectivity index (χ1) is 27.9. The molecule has 0 unspecified atom stereocenters. The zero-order valence-electron chi connectivity index (χ0n) is 33.5. The summed E-state index contributed by atoms with van der Waals surface area (Å²) in [6, 6.07) is 30.9. The molecular weight excluding hydrogens is 739 g/mol. The van der Waals surface area contributed by atoms with Crippen LogP contribution in [0.4, 0.5) is 17.6 Å². The molecule has 6 aromatic rings. The lowest BCUT2D eigenvalue weighted by atomic mass is 9.80. The summed E-state index contributed by atoms with van der Waals surface area (Å²) in [5.74, 6) is 1.15. The number of aliphatic imine (C=N–C) groups is 1. The molecule has 1 aliphatic heterocycles. The number of carbonyl (C=O) groups excluding carboxylic acids is 1. The Hall–Kier alpha value is -6.35. The number of aryl methyl sites for hydroxylation is 2. The summed E-state index contributed by atoms with van der Waals surface area (Å²) in [5.41, 5.74) is 3.28. The number of H-pyrrole nitrogens is 1. The van der Waals surface area contributed by atoms with E-state index in [9.17, 15) is 14.7 Å². The molecule has 1 amide bonds. The lowest BCUT2D eigenvalue weighted by Gasteiger charge is -2.37. The second kappa shape index (κ2) is 16.6. The molecule has 58 heavy (non-hydrogen) atoms. The Balaban J connectivity index is 1.33. The number of methoxy groups -OCH3 is 2. The number of fused-ring (bicyclic) bond motifs is 1. The molecule has 0 aliphatic carbocycles. The van der Waals surface area contributed by atoms with Crippen LogP contribution in [0, 0.1) is 13.8 Å². The van der Waals surface area contributed by atoms with Gasteiger partial charge in [0.15, 0.2) is 11.2 Å². The van der Waals surface area contributed by atoms with Crippen LogP contribution in [-0.2, 0) is 19.9 Å². The fraction of sp³-hybridized carbons (Fsp3) is 0.295. The molecule has 0 radical (unpaired) electrons.